The minimum absolute atomic E-state index is 0.0344. The van der Waals surface area contributed by atoms with E-state index in [2.05, 4.69) is 23.6 Å². The number of carboxylic acid groups (broad SMARTS) is 1. The monoisotopic (exact) mass is 744 g/mol. The first-order chi connectivity index (χ1) is 23.5. The minimum atomic E-state index is -5.08. The van der Waals surface area contributed by atoms with Gasteiger partial charge in [-0.25, -0.2) is 4.79 Å². The summed E-state index contributed by atoms with van der Waals surface area (Å²) in [7, 11) is 0. The van der Waals surface area contributed by atoms with Gasteiger partial charge in [-0.3, -0.25) is 24.3 Å². The maximum Gasteiger partial charge on any atom is 0.490 e. The van der Waals surface area contributed by atoms with E-state index in [0.29, 0.717) is 31.0 Å². The number of carbonyl (C=O) groups is 3. The van der Waals surface area contributed by atoms with Gasteiger partial charge in [0.15, 0.2) is 5.11 Å². The number of alkyl halides is 6. The van der Waals surface area contributed by atoms with Crippen LogP contribution < -0.4 is 20.3 Å². The summed E-state index contributed by atoms with van der Waals surface area (Å²) in [5, 5.41) is 16.3. The van der Waals surface area contributed by atoms with Crippen molar-refractivity contribution in [2.45, 2.75) is 71.0 Å². The van der Waals surface area contributed by atoms with Crippen molar-refractivity contribution in [3.63, 3.8) is 0 Å². The third kappa shape index (κ3) is 9.45. The zero-order chi connectivity index (χ0) is 38.6. The summed E-state index contributed by atoms with van der Waals surface area (Å²) in [5.41, 5.74) is 3.97. The molecule has 2 atom stereocenters. The van der Waals surface area contributed by atoms with Crippen molar-refractivity contribution in [3.05, 3.63) is 53.1 Å². The van der Waals surface area contributed by atoms with Gasteiger partial charge < -0.3 is 20.5 Å². The van der Waals surface area contributed by atoms with Gasteiger partial charge in [0.05, 0.1) is 29.4 Å². The van der Waals surface area contributed by atoms with Crippen LogP contribution in [0.2, 0.25) is 0 Å². The maximum absolute atomic E-state index is 13.7. The standard InChI is InChI=1S/C31H37F3N6O3S.C2HF3O2/c1-6-21-13-24(9-10-26(21)43-12-11-37-16-20(3)38(17-19(37)2)18-27(36)41)40-29(44)39(28(42)30(40,4)5)23-8-7-22(15-35)25(14-23)31(32,33)34;3-2(4,5)1(6)7/h7-10,13-14,19-20H,6,11-12,16-18H2,1-5H3,(H2,36,41);(H,6,7)/t19-,20-;/m1./s1. The Balaban J connectivity index is 0.000000908. The van der Waals surface area contributed by atoms with E-state index in [9.17, 15) is 41.2 Å². The highest BCUT2D eigenvalue weighted by Crippen LogP contribution is 2.40. The van der Waals surface area contributed by atoms with Crippen molar-refractivity contribution >= 4 is 46.5 Å². The lowest BCUT2D eigenvalue weighted by Gasteiger charge is -2.43. The Morgan fingerprint density at radius 3 is 2.14 bits per heavy atom. The zero-order valence-electron chi connectivity index (χ0n) is 28.4. The van der Waals surface area contributed by atoms with Crippen LogP contribution in [0.25, 0.3) is 0 Å². The molecule has 0 saturated carbocycles. The molecule has 0 spiro atoms. The Bertz CT molecular complexity index is 1700. The quantitative estimate of drug-likeness (QED) is 0.268. The largest absolute Gasteiger partial charge is 0.492 e. The topological polar surface area (TPSA) is 143 Å². The molecule has 3 N–H and O–H groups in total. The molecule has 11 nitrogen and oxygen atoms in total. The normalized spacial score (nSPS) is 19.7. The van der Waals surface area contributed by atoms with Gasteiger partial charge in [-0.15, -0.1) is 0 Å². The van der Waals surface area contributed by atoms with Gasteiger partial charge >= 0.3 is 18.3 Å². The molecule has 2 amide bonds. The first-order valence-corrected chi connectivity index (χ1v) is 16.1. The van der Waals surface area contributed by atoms with Crippen LogP contribution in [0, 0.1) is 11.3 Å². The van der Waals surface area contributed by atoms with Crippen LogP contribution in [0.1, 0.15) is 51.3 Å². The van der Waals surface area contributed by atoms with Crippen molar-refractivity contribution in [2.75, 3.05) is 42.6 Å². The molecule has 0 radical (unpaired) electrons. The van der Waals surface area contributed by atoms with E-state index >= 15 is 0 Å². The molecule has 51 heavy (non-hydrogen) atoms. The number of rotatable bonds is 9. The molecule has 278 valence electrons. The summed E-state index contributed by atoms with van der Waals surface area (Å²) >= 11 is 5.68. The molecule has 2 aliphatic rings. The first-order valence-electron chi connectivity index (χ1n) is 15.7. The number of ether oxygens (including phenoxy) is 1. The van der Waals surface area contributed by atoms with Crippen LogP contribution in [0.15, 0.2) is 36.4 Å². The van der Waals surface area contributed by atoms with Crippen LogP contribution in [0.4, 0.5) is 37.7 Å². The Labute approximate surface area is 296 Å². The number of aryl methyl sites for hydroxylation is 1. The third-order valence-electron chi connectivity index (χ3n) is 8.52. The highest BCUT2D eigenvalue weighted by molar-refractivity contribution is 7.81. The van der Waals surface area contributed by atoms with E-state index in [0.717, 1.165) is 35.7 Å². The second-order valence-electron chi connectivity index (χ2n) is 12.5. The lowest BCUT2D eigenvalue weighted by Crippen LogP contribution is -2.58. The second-order valence-corrected chi connectivity index (χ2v) is 12.9. The Hall–Kier alpha value is -4.47. The molecule has 2 heterocycles. The number of halogens is 6. The fraction of sp³-hybridized carbons (Fsp3) is 0.485. The average Bonchev–Trinajstić information content (AvgIpc) is 3.20. The summed E-state index contributed by atoms with van der Waals surface area (Å²) < 4.78 is 78.9. The van der Waals surface area contributed by atoms with E-state index < -0.39 is 40.9 Å². The number of hydrogen-bond acceptors (Lipinski definition) is 8. The Morgan fingerprint density at radius 2 is 1.61 bits per heavy atom. The Morgan fingerprint density at radius 1 is 1.04 bits per heavy atom. The van der Waals surface area contributed by atoms with Gasteiger partial charge in [-0.2, -0.15) is 31.6 Å². The number of nitrogens with zero attached hydrogens (tertiary/aromatic N) is 5. The van der Waals surface area contributed by atoms with Gasteiger partial charge in [0.25, 0.3) is 5.91 Å². The molecule has 2 aromatic rings. The SMILES string of the molecule is CCc1cc(N2C(=S)N(c3ccc(C#N)c(C(F)(F)F)c3)C(=O)C2(C)C)ccc1OCCN1C[C@@H](C)N(CC(N)=O)C[C@H]1C.O=C(O)C(F)(F)F. The summed E-state index contributed by atoms with van der Waals surface area (Å²) in [4.78, 5) is 41.0. The van der Waals surface area contributed by atoms with E-state index in [4.69, 9.17) is 32.6 Å². The second kappa shape index (κ2) is 15.8. The summed E-state index contributed by atoms with van der Waals surface area (Å²) in [6, 6.07) is 10.6. The molecular formula is C33H38F6N6O5S. The lowest BCUT2D eigenvalue weighted by molar-refractivity contribution is -0.192. The molecule has 4 rings (SSSR count). The fourth-order valence-corrected chi connectivity index (χ4v) is 6.38. The number of nitrogens with two attached hydrogens (primary N) is 1. The molecule has 0 aliphatic carbocycles. The number of nitriles is 1. The highest BCUT2D eigenvalue weighted by Gasteiger charge is 2.51. The van der Waals surface area contributed by atoms with Gasteiger partial charge in [0.2, 0.25) is 5.91 Å². The van der Waals surface area contributed by atoms with Crippen molar-refractivity contribution in [1.29, 1.82) is 5.26 Å². The van der Waals surface area contributed by atoms with E-state index in [1.165, 1.54) is 6.07 Å². The number of amides is 2. The van der Waals surface area contributed by atoms with Crippen molar-refractivity contribution in [1.82, 2.24) is 9.80 Å². The molecule has 2 aliphatic heterocycles. The number of carboxylic acids is 1. The first kappa shape index (κ1) is 41.0. The molecule has 0 bridgehead atoms. The van der Waals surface area contributed by atoms with Gasteiger partial charge in [-0.05, 0) is 88.3 Å². The minimum Gasteiger partial charge on any atom is -0.492 e. The Kier molecular flexibility index (Phi) is 12.7. The number of thiocarbonyl (C=S) groups is 1. The number of aliphatic carboxylic acids is 1. The molecular weight excluding hydrogens is 706 g/mol. The number of hydrogen-bond donors (Lipinski definition) is 2. The number of carbonyl (C=O) groups excluding carboxylic acids is 2. The molecule has 2 aromatic carbocycles. The summed E-state index contributed by atoms with van der Waals surface area (Å²) in [6.07, 6.45) is -9.23. The van der Waals surface area contributed by atoms with E-state index in [1.54, 1.807) is 30.9 Å². The van der Waals surface area contributed by atoms with Gasteiger partial charge in [-0.1, -0.05) is 6.92 Å². The van der Waals surface area contributed by atoms with Gasteiger partial charge in [0, 0.05) is 37.4 Å². The van der Waals surface area contributed by atoms with E-state index in [1.807, 2.05) is 19.1 Å². The number of anilines is 2. The van der Waals surface area contributed by atoms with Crippen LogP contribution in [0.5, 0.6) is 5.75 Å². The fourth-order valence-electron chi connectivity index (χ4n) is 5.86. The predicted molar refractivity (Wildman–Crippen MR) is 179 cm³/mol. The molecule has 0 aromatic heterocycles. The smallest absolute Gasteiger partial charge is 0.490 e. The average molecular weight is 745 g/mol. The third-order valence-corrected chi connectivity index (χ3v) is 8.89. The van der Waals surface area contributed by atoms with Crippen molar-refractivity contribution in [3.8, 4) is 11.8 Å². The molecule has 2 fully saturated rings. The van der Waals surface area contributed by atoms with Gasteiger partial charge in [0.1, 0.15) is 17.9 Å². The summed E-state index contributed by atoms with van der Waals surface area (Å²) in [6.45, 7) is 12.4. The predicted octanol–water partition coefficient (Wildman–Crippen LogP) is 4.95. The highest BCUT2D eigenvalue weighted by atomic mass is 32.1. The number of benzene rings is 2. The van der Waals surface area contributed by atoms with E-state index in [-0.39, 0.29) is 35.3 Å². The molecule has 18 heteroatoms. The van der Waals surface area contributed by atoms with Crippen LogP contribution in [-0.4, -0.2) is 94.4 Å². The maximum atomic E-state index is 13.7. The number of primary amides is 1. The lowest BCUT2D eigenvalue weighted by atomic mass is 10.0. The molecule has 0 unspecified atom stereocenters. The summed E-state index contributed by atoms with van der Waals surface area (Å²) in [5.74, 6) is -2.89. The van der Waals surface area contributed by atoms with Crippen LogP contribution in [-0.2, 0) is 27.0 Å². The van der Waals surface area contributed by atoms with Crippen LogP contribution >= 0.6 is 12.2 Å². The zero-order valence-corrected chi connectivity index (χ0v) is 29.2. The molecule has 2 saturated heterocycles. The van der Waals surface area contributed by atoms with Crippen molar-refractivity contribution < 1.29 is 50.6 Å². The van der Waals surface area contributed by atoms with Crippen molar-refractivity contribution in [2.24, 2.45) is 5.73 Å². The number of piperazine rings is 1. The van der Waals surface area contributed by atoms with Crippen LogP contribution in [0.3, 0.4) is 0 Å².